The SMILES string of the molecule is C=Cc1ccc(CC2CCC(C)CC2)cc1. The van der Waals surface area contributed by atoms with Crippen LogP contribution in [0.5, 0.6) is 0 Å². The first-order valence-electron chi connectivity index (χ1n) is 6.49. The number of rotatable bonds is 3. The molecule has 0 spiro atoms. The summed E-state index contributed by atoms with van der Waals surface area (Å²) in [6.45, 7) is 6.17. The number of hydrogen-bond acceptors (Lipinski definition) is 0. The van der Waals surface area contributed by atoms with E-state index in [0.29, 0.717) is 0 Å². The van der Waals surface area contributed by atoms with Crippen molar-refractivity contribution in [2.45, 2.75) is 39.0 Å². The Hall–Kier alpha value is -1.04. The topological polar surface area (TPSA) is 0 Å². The summed E-state index contributed by atoms with van der Waals surface area (Å²) in [4.78, 5) is 0. The molecule has 2 rings (SSSR count). The molecule has 0 unspecified atom stereocenters. The van der Waals surface area contributed by atoms with Crippen molar-refractivity contribution in [2.75, 3.05) is 0 Å². The van der Waals surface area contributed by atoms with Crippen molar-refractivity contribution < 1.29 is 0 Å². The zero-order valence-corrected chi connectivity index (χ0v) is 10.3. The van der Waals surface area contributed by atoms with Gasteiger partial charge in [0.05, 0.1) is 0 Å². The molecular weight excluding hydrogens is 192 g/mol. The smallest absolute Gasteiger partial charge is 0.0250 e. The lowest BCUT2D eigenvalue weighted by Crippen LogP contribution is -2.14. The van der Waals surface area contributed by atoms with Crippen molar-refractivity contribution in [3.8, 4) is 0 Å². The van der Waals surface area contributed by atoms with E-state index >= 15 is 0 Å². The quantitative estimate of drug-likeness (QED) is 0.684. The Bertz CT molecular complexity index is 326. The summed E-state index contributed by atoms with van der Waals surface area (Å²) in [5.41, 5.74) is 2.71. The summed E-state index contributed by atoms with van der Waals surface area (Å²) in [6, 6.07) is 8.87. The predicted octanol–water partition coefficient (Wildman–Crippen LogP) is 4.70. The van der Waals surface area contributed by atoms with Crippen molar-refractivity contribution in [1.29, 1.82) is 0 Å². The fourth-order valence-corrected chi connectivity index (χ4v) is 2.66. The Morgan fingerprint density at radius 1 is 1.12 bits per heavy atom. The van der Waals surface area contributed by atoms with Gasteiger partial charge in [0.1, 0.15) is 0 Å². The largest absolute Gasteiger partial charge is 0.0985 e. The van der Waals surface area contributed by atoms with E-state index in [2.05, 4.69) is 37.8 Å². The molecule has 0 atom stereocenters. The fourth-order valence-electron chi connectivity index (χ4n) is 2.66. The lowest BCUT2D eigenvalue weighted by atomic mass is 9.80. The van der Waals surface area contributed by atoms with Gasteiger partial charge in [0.15, 0.2) is 0 Å². The standard InChI is InChI=1S/C16H22/c1-3-14-8-10-16(11-9-14)12-15-6-4-13(2)5-7-15/h3,8-11,13,15H,1,4-7,12H2,2H3. The van der Waals surface area contributed by atoms with Gasteiger partial charge in [-0.1, -0.05) is 56.7 Å². The molecule has 0 nitrogen and oxygen atoms in total. The molecule has 1 aliphatic carbocycles. The highest BCUT2D eigenvalue weighted by Crippen LogP contribution is 2.30. The van der Waals surface area contributed by atoms with Gasteiger partial charge >= 0.3 is 0 Å². The minimum absolute atomic E-state index is 0.922. The van der Waals surface area contributed by atoms with Crippen LogP contribution in [0.15, 0.2) is 30.8 Å². The van der Waals surface area contributed by atoms with E-state index in [1.54, 1.807) is 0 Å². The average Bonchev–Trinajstić information content (AvgIpc) is 2.33. The molecule has 0 N–H and O–H groups in total. The van der Waals surface area contributed by atoms with E-state index in [1.165, 1.54) is 43.2 Å². The molecular formula is C16H22. The van der Waals surface area contributed by atoms with Gasteiger partial charge in [-0.25, -0.2) is 0 Å². The Labute approximate surface area is 99.4 Å². The molecule has 0 heterocycles. The third-order valence-electron chi connectivity index (χ3n) is 3.88. The van der Waals surface area contributed by atoms with E-state index in [-0.39, 0.29) is 0 Å². The molecule has 86 valence electrons. The lowest BCUT2D eigenvalue weighted by molar-refractivity contribution is 0.289. The molecule has 0 heteroatoms. The van der Waals surface area contributed by atoms with Crippen LogP contribution in [-0.4, -0.2) is 0 Å². The van der Waals surface area contributed by atoms with Gasteiger partial charge in [-0.3, -0.25) is 0 Å². The fraction of sp³-hybridized carbons (Fsp3) is 0.500. The van der Waals surface area contributed by atoms with Crippen LogP contribution < -0.4 is 0 Å². The van der Waals surface area contributed by atoms with E-state index < -0.39 is 0 Å². The van der Waals surface area contributed by atoms with E-state index in [0.717, 1.165) is 11.8 Å². The van der Waals surface area contributed by atoms with Gasteiger partial charge < -0.3 is 0 Å². The highest BCUT2D eigenvalue weighted by Gasteiger charge is 2.18. The van der Waals surface area contributed by atoms with Crippen LogP contribution in [0.2, 0.25) is 0 Å². The van der Waals surface area contributed by atoms with Gasteiger partial charge in [-0.2, -0.15) is 0 Å². The van der Waals surface area contributed by atoms with Crippen LogP contribution in [0.4, 0.5) is 0 Å². The maximum Gasteiger partial charge on any atom is -0.0250 e. The monoisotopic (exact) mass is 214 g/mol. The Morgan fingerprint density at radius 3 is 2.31 bits per heavy atom. The maximum absolute atomic E-state index is 3.78. The van der Waals surface area contributed by atoms with Gasteiger partial charge in [0.25, 0.3) is 0 Å². The van der Waals surface area contributed by atoms with Crippen molar-refractivity contribution in [1.82, 2.24) is 0 Å². The molecule has 0 amide bonds. The minimum Gasteiger partial charge on any atom is -0.0985 e. The highest BCUT2D eigenvalue weighted by atomic mass is 14.2. The second-order valence-electron chi connectivity index (χ2n) is 5.28. The molecule has 1 aromatic carbocycles. The van der Waals surface area contributed by atoms with Crippen LogP contribution >= 0.6 is 0 Å². The van der Waals surface area contributed by atoms with E-state index in [4.69, 9.17) is 0 Å². The van der Waals surface area contributed by atoms with Crippen molar-refractivity contribution in [2.24, 2.45) is 11.8 Å². The first-order chi connectivity index (χ1) is 7.78. The zero-order chi connectivity index (χ0) is 11.4. The molecule has 0 saturated heterocycles. The first kappa shape index (κ1) is 11.4. The van der Waals surface area contributed by atoms with Gasteiger partial charge in [0.2, 0.25) is 0 Å². The normalized spacial score (nSPS) is 25.3. The second-order valence-corrected chi connectivity index (χ2v) is 5.28. The Balaban J connectivity index is 1.91. The lowest BCUT2D eigenvalue weighted by Gasteiger charge is -2.26. The summed E-state index contributed by atoms with van der Waals surface area (Å²) in [5, 5.41) is 0. The summed E-state index contributed by atoms with van der Waals surface area (Å²) in [6.07, 6.45) is 8.87. The molecule has 1 aliphatic rings. The van der Waals surface area contributed by atoms with Crippen molar-refractivity contribution >= 4 is 6.08 Å². The summed E-state index contributed by atoms with van der Waals surface area (Å²) in [7, 11) is 0. The first-order valence-corrected chi connectivity index (χ1v) is 6.49. The predicted molar refractivity (Wildman–Crippen MR) is 71.4 cm³/mol. The molecule has 16 heavy (non-hydrogen) atoms. The Kier molecular flexibility index (Phi) is 3.82. The third-order valence-corrected chi connectivity index (χ3v) is 3.88. The Morgan fingerprint density at radius 2 is 1.75 bits per heavy atom. The van der Waals surface area contributed by atoms with Crippen molar-refractivity contribution in [3.63, 3.8) is 0 Å². The van der Waals surface area contributed by atoms with Crippen LogP contribution in [0, 0.1) is 11.8 Å². The van der Waals surface area contributed by atoms with Crippen LogP contribution in [0.3, 0.4) is 0 Å². The van der Waals surface area contributed by atoms with Gasteiger partial charge in [0, 0.05) is 0 Å². The average molecular weight is 214 g/mol. The van der Waals surface area contributed by atoms with Crippen LogP contribution in [-0.2, 0) is 6.42 Å². The van der Waals surface area contributed by atoms with Crippen LogP contribution in [0.1, 0.15) is 43.7 Å². The maximum atomic E-state index is 3.78. The molecule has 0 bridgehead atoms. The summed E-state index contributed by atoms with van der Waals surface area (Å²) < 4.78 is 0. The summed E-state index contributed by atoms with van der Waals surface area (Å²) >= 11 is 0. The third kappa shape index (κ3) is 2.98. The van der Waals surface area contributed by atoms with Crippen molar-refractivity contribution in [3.05, 3.63) is 42.0 Å². The molecule has 1 fully saturated rings. The molecule has 1 saturated carbocycles. The highest BCUT2D eigenvalue weighted by molar-refractivity contribution is 5.47. The summed E-state index contributed by atoms with van der Waals surface area (Å²) in [5.74, 6) is 1.88. The molecule has 0 radical (unpaired) electrons. The second kappa shape index (κ2) is 5.34. The molecule has 1 aromatic rings. The van der Waals surface area contributed by atoms with Gasteiger partial charge in [-0.15, -0.1) is 0 Å². The van der Waals surface area contributed by atoms with E-state index in [9.17, 15) is 0 Å². The number of benzene rings is 1. The van der Waals surface area contributed by atoms with E-state index in [1.807, 2.05) is 6.08 Å². The zero-order valence-electron chi connectivity index (χ0n) is 10.3. The molecule has 0 aliphatic heterocycles. The number of hydrogen-bond donors (Lipinski definition) is 0. The minimum atomic E-state index is 0.922. The van der Waals surface area contributed by atoms with Gasteiger partial charge in [-0.05, 0) is 42.2 Å². The molecule has 0 aromatic heterocycles. The van der Waals surface area contributed by atoms with Crippen LogP contribution in [0.25, 0.3) is 6.08 Å².